The first kappa shape index (κ1) is 15.5. The van der Waals surface area contributed by atoms with E-state index in [-0.39, 0.29) is 6.04 Å². The number of nitrogens with zero attached hydrogens (tertiary/aromatic N) is 5. The number of hydrogen-bond acceptors (Lipinski definition) is 7. The Morgan fingerprint density at radius 2 is 2.08 bits per heavy atom. The van der Waals surface area contributed by atoms with Crippen molar-refractivity contribution in [3.8, 4) is 0 Å². The number of pyridine rings is 1. The van der Waals surface area contributed by atoms with Gasteiger partial charge in [-0.2, -0.15) is 0 Å². The Morgan fingerprint density at radius 3 is 2.79 bits per heavy atom. The minimum atomic E-state index is -0.483. The van der Waals surface area contributed by atoms with Crippen LogP contribution in [0.4, 0.5) is 10.2 Å². The van der Waals surface area contributed by atoms with Crippen LogP contribution in [0.2, 0.25) is 0 Å². The van der Waals surface area contributed by atoms with E-state index in [9.17, 15) is 4.39 Å². The van der Waals surface area contributed by atoms with Gasteiger partial charge < -0.3 is 16.5 Å². The van der Waals surface area contributed by atoms with E-state index < -0.39 is 5.82 Å². The van der Waals surface area contributed by atoms with Crippen molar-refractivity contribution >= 4 is 29.0 Å². The molecule has 0 aliphatic heterocycles. The minimum absolute atomic E-state index is 0.263. The zero-order valence-electron chi connectivity index (χ0n) is 12.8. The van der Waals surface area contributed by atoms with Gasteiger partial charge in [-0.3, -0.25) is 4.57 Å². The summed E-state index contributed by atoms with van der Waals surface area (Å²) in [4.78, 5) is 16.6. The lowest BCUT2D eigenvalue weighted by molar-refractivity contribution is 0.604. The fourth-order valence-corrected chi connectivity index (χ4v) is 2.16. The van der Waals surface area contributed by atoms with Crippen LogP contribution >= 0.6 is 0 Å². The second kappa shape index (κ2) is 6.41. The van der Waals surface area contributed by atoms with Crippen molar-refractivity contribution in [2.45, 2.75) is 13.0 Å². The van der Waals surface area contributed by atoms with Crippen molar-refractivity contribution in [2.75, 3.05) is 5.32 Å². The Kier molecular flexibility index (Phi) is 4.15. The van der Waals surface area contributed by atoms with E-state index in [2.05, 4.69) is 25.3 Å². The number of allylic oxidation sites excluding steroid dienone is 1. The van der Waals surface area contributed by atoms with Gasteiger partial charge >= 0.3 is 0 Å². The van der Waals surface area contributed by atoms with Crippen LogP contribution in [0, 0.1) is 11.2 Å². The number of aromatic nitrogens is 5. The summed E-state index contributed by atoms with van der Waals surface area (Å²) >= 11 is 0. The summed E-state index contributed by atoms with van der Waals surface area (Å²) in [6.45, 7) is 1.85. The highest BCUT2D eigenvalue weighted by atomic mass is 19.1. The molecule has 1 atom stereocenters. The van der Waals surface area contributed by atoms with Crippen molar-refractivity contribution in [3.63, 3.8) is 0 Å². The van der Waals surface area contributed by atoms with E-state index in [1.54, 1.807) is 23.0 Å². The van der Waals surface area contributed by atoms with Gasteiger partial charge in [0.25, 0.3) is 0 Å². The predicted octanol–water partition coefficient (Wildman–Crippen LogP) is 1.94. The third kappa shape index (κ3) is 3.05. The van der Waals surface area contributed by atoms with E-state index in [0.29, 0.717) is 28.6 Å². The number of hydrogen-bond donors (Lipinski definition) is 3. The highest BCUT2D eigenvalue weighted by Crippen LogP contribution is 2.19. The maximum Gasteiger partial charge on any atom is 0.167 e. The number of anilines is 1. The van der Waals surface area contributed by atoms with Crippen LogP contribution in [0.25, 0.3) is 17.0 Å². The fourth-order valence-electron chi connectivity index (χ4n) is 2.16. The molecule has 0 fully saturated rings. The Hall–Kier alpha value is -3.36. The molecule has 0 spiro atoms. The smallest absolute Gasteiger partial charge is 0.167 e. The zero-order chi connectivity index (χ0) is 17.1. The molecule has 8 nitrogen and oxygen atoms in total. The first-order valence-electron chi connectivity index (χ1n) is 7.13. The van der Waals surface area contributed by atoms with Crippen molar-refractivity contribution in [2.24, 2.45) is 5.73 Å². The Morgan fingerprint density at radius 1 is 1.33 bits per heavy atom. The number of nitrogens with two attached hydrogens (primary N) is 1. The van der Waals surface area contributed by atoms with Crippen LogP contribution in [0.15, 0.2) is 36.9 Å². The van der Waals surface area contributed by atoms with Gasteiger partial charge in [0.1, 0.15) is 29.3 Å². The molecular weight excluding hydrogens is 311 g/mol. The van der Waals surface area contributed by atoms with Crippen LogP contribution in [0.3, 0.4) is 0 Å². The van der Waals surface area contributed by atoms with Crippen molar-refractivity contribution in [3.05, 3.63) is 48.6 Å². The summed E-state index contributed by atoms with van der Waals surface area (Å²) < 4.78 is 14.5. The Labute approximate surface area is 136 Å². The molecule has 3 aromatic rings. The standard InChI is InChI=1S/C15H15FN8/c1-9(14-19-6-10(16)7-20-14)22-13-3-2-11-15(23-13)24(8-21-11)12(18)4-5-17/h2-9,17H,18H2,1H3,(H,22,23)/t9-/m0/s1. The summed E-state index contributed by atoms with van der Waals surface area (Å²) in [5.74, 6) is 0.886. The van der Waals surface area contributed by atoms with Crippen LogP contribution in [0.1, 0.15) is 18.8 Å². The average Bonchev–Trinajstić information content (AvgIpc) is 2.99. The normalized spacial score (nSPS) is 13.0. The monoisotopic (exact) mass is 326 g/mol. The molecule has 0 saturated heterocycles. The minimum Gasteiger partial charge on any atom is -0.385 e. The average molecular weight is 326 g/mol. The second-order valence-corrected chi connectivity index (χ2v) is 5.04. The fraction of sp³-hybridized carbons (Fsp3) is 0.133. The highest BCUT2D eigenvalue weighted by molar-refractivity contribution is 5.81. The molecule has 9 heteroatoms. The molecule has 0 saturated carbocycles. The van der Waals surface area contributed by atoms with E-state index in [1.807, 2.05) is 6.92 Å². The van der Waals surface area contributed by atoms with E-state index >= 15 is 0 Å². The summed E-state index contributed by atoms with van der Waals surface area (Å²) in [5.41, 5.74) is 7.12. The second-order valence-electron chi connectivity index (χ2n) is 5.04. The molecule has 4 N–H and O–H groups in total. The number of fused-ring (bicyclic) bond motifs is 1. The summed E-state index contributed by atoms with van der Waals surface area (Å²) in [6, 6.07) is 3.31. The summed E-state index contributed by atoms with van der Waals surface area (Å²) in [6.07, 6.45) is 6.32. The summed E-state index contributed by atoms with van der Waals surface area (Å²) in [5, 5.41) is 10.3. The van der Waals surface area contributed by atoms with Gasteiger partial charge in [-0.15, -0.1) is 0 Å². The van der Waals surface area contributed by atoms with E-state index in [1.165, 1.54) is 6.08 Å². The van der Waals surface area contributed by atoms with Gasteiger partial charge in [-0.1, -0.05) is 0 Å². The first-order valence-corrected chi connectivity index (χ1v) is 7.13. The molecule has 0 unspecified atom stereocenters. The number of imidazole rings is 1. The molecule has 0 aliphatic rings. The molecule has 0 aliphatic carbocycles. The SMILES string of the molecule is C[C@H](Nc1ccc2ncn(C(N)=CC=N)c2n1)c1ncc(F)cn1. The van der Waals surface area contributed by atoms with Gasteiger partial charge in [0.2, 0.25) is 0 Å². The molecule has 0 radical (unpaired) electrons. The largest absolute Gasteiger partial charge is 0.385 e. The molecule has 122 valence electrons. The molecule has 24 heavy (non-hydrogen) atoms. The quantitative estimate of drug-likeness (QED) is 0.617. The molecule has 0 amide bonds. The van der Waals surface area contributed by atoms with E-state index in [0.717, 1.165) is 18.6 Å². The Bertz CT molecular complexity index is 899. The maximum absolute atomic E-state index is 12.9. The highest BCUT2D eigenvalue weighted by Gasteiger charge is 2.12. The van der Waals surface area contributed by atoms with Crippen LogP contribution in [0.5, 0.6) is 0 Å². The molecule has 0 aromatic carbocycles. The van der Waals surface area contributed by atoms with Crippen molar-refractivity contribution in [1.29, 1.82) is 5.41 Å². The predicted molar refractivity (Wildman–Crippen MR) is 88.8 cm³/mol. The molecule has 3 heterocycles. The van der Waals surface area contributed by atoms with Crippen molar-refractivity contribution in [1.82, 2.24) is 24.5 Å². The van der Waals surface area contributed by atoms with Gasteiger partial charge in [0.05, 0.1) is 18.4 Å². The zero-order valence-corrected chi connectivity index (χ0v) is 12.8. The molecule has 3 rings (SSSR count). The third-order valence-corrected chi connectivity index (χ3v) is 3.32. The lowest BCUT2D eigenvalue weighted by Gasteiger charge is -2.13. The maximum atomic E-state index is 12.9. The van der Waals surface area contributed by atoms with Crippen molar-refractivity contribution < 1.29 is 4.39 Å². The van der Waals surface area contributed by atoms with Crippen LogP contribution in [-0.2, 0) is 0 Å². The third-order valence-electron chi connectivity index (χ3n) is 3.32. The number of nitrogens with one attached hydrogen (secondary N) is 2. The molecule has 3 aromatic heterocycles. The van der Waals surface area contributed by atoms with E-state index in [4.69, 9.17) is 11.1 Å². The Balaban J connectivity index is 1.90. The van der Waals surface area contributed by atoms with Crippen LogP contribution in [-0.4, -0.2) is 30.7 Å². The van der Waals surface area contributed by atoms with Gasteiger partial charge in [0, 0.05) is 6.21 Å². The van der Waals surface area contributed by atoms with Gasteiger partial charge in [-0.25, -0.2) is 24.3 Å². The molecule has 0 bridgehead atoms. The van der Waals surface area contributed by atoms with Gasteiger partial charge in [0.15, 0.2) is 11.5 Å². The molecular formula is C15H15FN8. The van der Waals surface area contributed by atoms with Crippen LogP contribution < -0.4 is 11.1 Å². The summed E-state index contributed by atoms with van der Waals surface area (Å²) in [7, 11) is 0. The lowest BCUT2D eigenvalue weighted by atomic mass is 10.3. The number of rotatable bonds is 5. The first-order chi connectivity index (χ1) is 11.6. The van der Waals surface area contributed by atoms with Gasteiger partial charge in [-0.05, 0) is 25.1 Å². The number of halogens is 1. The topological polar surface area (TPSA) is 118 Å². The lowest BCUT2D eigenvalue weighted by Crippen LogP contribution is -2.12.